The highest BCUT2D eigenvalue weighted by atomic mass is 16.2. The predicted octanol–water partition coefficient (Wildman–Crippen LogP) is 2.46. The number of aryl methyl sites for hydroxylation is 2. The fourth-order valence-corrected chi connectivity index (χ4v) is 3.86. The number of rotatable bonds is 4. The molecule has 0 aromatic heterocycles. The number of carbonyl (C=O) groups is 1. The van der Waals surface area contributed by atoms with Crippen LogP contribution in [0.4, 0.5) is 0 Å². The van der Waals surface area contributed by atoms with Gasteiger partial charge in [-0.1, -0.05) is 41.5 Å². The maximum absolute atomic E-state index is 12.5. The summed E-state index contributed by atoms with van der Waals surface area (Å²) in [4.78, 5) is 16.8. The largest absolute Gasteiger partial charge is 0.342 e. The first kappa shape index (κ1) is 18.2. The lowest BCUT2D eigenvalue weighted by Crippen LogP contribution is -2.49. The van der Waals surface area contributed by atoms with Crippen LogP contribution >= 0.6 is 0 Å². The van der Waals surface area contributed by atoms with Crippen LogP contribution in [0.1, 0.15) is 29.5 Å². The molecule has 2 fully saturated rings. The fourth-order valence-electron chi connectivity index (χ4n) is 3.86. The number of amides is 1. The van der Waals surface area contributed by atoms with Gasteiger partial charge in [0.15, 0.2) is 0 Å². The summed E-state index contributed by atoms with van der Waals surface area (Å²) in [5.74, 6) is 0.891. The first-order valence-electron chi connectivity index (χ1n) is 9.57. The summed E-state index contributed by atoms with van der Waals surface area (Å²) in [6.45, 7) is 10.6. The molecule has 0 aliphatic carbocycles. The van der Waals surface area contributed by atoms with Crippen molar-refractivity contribution in [1.29, 1.82) is 0 Å². The Morgan fingerprint density at radius 2 is 1.72 bits per heavy atom. The Bertz CT molecular complexity index is 591. The van der Waals surface area contributed by atoms with Crippen LogP contribution < -0.4 is 5.32 Å². The molecule has 1 aromatic rings. The Kier molecular flexibility index (Phi) is 6.27. The number of nitrogens with zero attached hydrogens (tertiary/aromatic N) is 2. The number of benzene rings is 1. The predicted molar refractivity (Wildman–Crippen MR) is 104 cm³/mol. The minimum Gasteiger partial charge on any atom is -0.342 e. The molecule has 2 saturated heterocycles. The Labute approximate surface area is 151 Å². The minimum atomic E-state index is 0.304. The van der Waals surface area contributed by atoms with Crippen molar-refractivity contribution in [3.05, 3.63) is 41.0 Å². The second kappa shape index (κ2) is 8.63. The van der Waals surface area contributed by atoms with E-state index < -0.39 is 0 Å². The van der Waals surface area contributed by atoms with Gasteiger partial charge in [0, 0.05) is 39.3 Å². The van der Waals surface area contributed by atoms with Gasteiger partial charge in [0.25, 0.3) is 0 Å². The standard InChI is InChI=1S/C21H31N3O/c1-17-13-18(2)15-20(14-17)4-3-19-5-9-24(10-6-19)21(25)16-23-11-7-22-8-12-23/h3-4,13-15,19,22H,5-12,16H2,1-2H3/b4-3+. The van der Waals surface area contributed by atoms with E-state index in [0.29, 0.717) is 18.4 Å². The number of carbonyl (C=O) groups excluding carboxylic acids is 1. The smallest absolute Gasteiger partial charge is 0.236 e. The minimum absolute atomic E-state index is 0.304. The first-order valence-corrected chi connectivity index (χ1v) is 9.57. The number of hydrogen-bond donors (Lipinski definition) is 1. The highest BCUT2D eigenvalue weighted by Gasteiger charge is 2.23. The van der Waals surface area contributed by atoms with Gasteiger partial charge in [0.1, 0.15) is 0 Å². The van der Waals surface area contributed by atoms with Gasteiger partial charge in [-0.05, 0) is 38.2 Å². The van der Waals surface area contributed by atoms with Crippen molar-refractivity contribution < 1.29 is 4.79 Å². The number of piperidine rings is 1. The Balaban J connectivity index is 1.46. The summed E-state index contributed by atoms with van der Waals surface area (Å²) in [5, 5.41) is 3.33. The molecule has 0 bridgehead atoms. The zero-order chi connectivity index (χ0) is 17.6. The van der Waals surface area contributed by atoms with Crippen molar-refractivity contribution in [2.75, 3.05) is 45.8 Å². The second-order valence-electron chi connectivity index (χ2n) is 7.52. The summed E-state index contributed by atoms with van der Waals surface area (Å²) >= 11 is 0. The summed E-state index contributed by atoms with van der Waals surface area (Å²) < 4.78 is 0. The average molecular weight is 341 g/mol. The lowest BCUT2D eigenvalue weighted by Gasteiger charge is -2.33. The fraction of sp³-hybridized carbons (Fsp3) is 0.571. The van der Waals surface area contributed by atoms with E-state index in [1.165, 1.54) is 16.7 Å². The zero-order valence-electron chi connectivity index (χ0n) is 15.6. The van der Waals surface area contributed by atoms with Gasteiger partial charge in [0.2, 0.25) is 5.91 Å². The second-order valence-corrected chi connectivity index (χ2v) is 7.52. The molecule has 1 N–H and O–H groups in total. The monoisotopic (exact) mass is 341 g/mol. The maximum Gasteiger partial charge on any atom is 0.236 e. The van der Waals surface area contributed by atoms with Gasteiger partial charge >= 0.3 is 0 Å². The van der Waals surface area contributed by atoms with Crippen molar-refractivity contribution >= 4 is 12.0 Å². The van der Waals surface area contributed by atoms with Crippen molar-refractivity contribution in [3.8, 4) is 0 Å². The highest BCUT2D eigenvalue weighted by molar-refractivity contribution is 5.78. The quantitative estimate of drug-likeness (QED) is 0.914. The molecule has 1 amide bonds. The first-order chi connectivity index (χ1) is 12.1. The summed E-state index contributed by atoms with van der Waals surface area (Å²) in [5.41, 5.74) is 3.91. The Morgan fingerprint density at radius 3 is 2.36 bits per heavy atom. The Hall–Kier alpha value is -1.65. The van der Waals surface area contributed by atoms with Crippen LogP contribution in [-0.2, 0) is 4.79 Å². The van der Waals surface area contributed by atoms with E-state index in [1.807, 2.05) is 0 Å². The third kappa shape index (κ3) is 5.41. The zero-order valence-corrected chi connectivity index (χ0v) is 15.6. The topological polar surface area (TPSA) is 35.6 Å². The lowest BCUT2D eigenvalue weighted by atomic mass is 9.95. The van der Waals surface area contributed by atoms with E-state index in [2.05, 4.69) is 59.3 Å². The van der Waals surface area contributed by atoms with E-state index in [4.69, 9.17) is 0 Å². The van der Waals surface area contributed by atoms with Crippen molar-refractivity contribution in [3.63, 3.8) is 0 Å². The third-order valence-corrected chi connectivity index (χ3v) is 5.27. The molecule has 4 nitrogen and oxygen atoms in total. The van der Waals surface area contributed by atoms with Crippen LogP contribution in [0.2, 0.25) is 0 Å². The van der Waals surface area contributed by atoms with Crippen LogP contribution in [0, 0.1) is 19.8 Å². The molecule has 3 rings (SSSR count). The molecular formula is C21H31N3O. The molecule has 4 heteroatoms. The average Bonchev–Trinajstić information content (AvgIpc) is 2.60. The molecule has 2 aliphatic heterocycles. The summed E-state index contributed by atoms with van der Waals surface area (Å²) in [6.07, 6.45) is 6.75. The van der Waals surface area contributed by atoms with Crippen LogP contribution in [0.25, 0.3) is 6.08 Å². The molecule has 0 unspecified atom stereocenters. The number of allylic oxidation sites excluding steroid dienone is 1. The molecule has 25 heavy (non-hydrogen) atoms. The molecule has 0 spiro atoms. The van der Waals surface area contributed by atoms with E-state index in [0.717, 1.165) is 52.1 Å². The third-order valence-electron chi connectivity index (χ3n) is 5.27. The van der Waals surface area contributed by atoms with E-state index >= 15 is 0 Å². The van der Waals surface area contributed by atoms with Crippen molar-refractivity contribution in [2.24, 2.45) is 5.92 Å². The van der Waals surface area contributed by atoms with E-state index in [1.54, 1.807) is 0 Å². The number of likely N-dealkylation sites (tertiary alicyclic amines) is 1. The van der Waals surface area contributed by atoms with Gasteiger partial charge in [-0.25, -0.2) is 0 Å². The van der Waals surface area contributed by atoms with E-state index in [9.17, 15) is 4.79 Å². The van der Waals surface area contributed by atoms with Gasteiger partial charge in [-0.15, -0.1) is 0 Å². The van der Waals surface area contributed by atoms with Crippen LogP contribution in [-0.4, -0.2) is 61.5 Å². The normalized spacial score (nSPS) is 20.3. The SMILES string of the molecule is Cc1cc(C)cc(/C=C/C2CCN(C(=O)CN3CCNCC3)CC2)c1. The maximum atomic E-state index is 12.5. The molecule has 2 aliphatic rings. The molecule has 136 valence electrons. The molecule has 2 heterocycles. The van der Waals surface area contributed by atoms with Gasteiger partial charge in [-0.2, -0.15) is 0 Å². The van der Waals surface area contributed by atoms with Crippen LogP contribution in [0.15, 0.2) is 24.3 Å². The van der Waals surface area contributed by atoms with Gasteiger partial charge in [-0.3, -0.25) is 9.69 Å². The van der Waals surface area contributed by atoms with E-state index in [-0.39, 0.29) is 0 Å². The van der Waals surface area contributed by atoms with Crippen LogP contribution in [0.5, 0.6) is 0 Å². The molecule has 0 atom stereocenters. The summed E-state index contributed by atoms with van der Waals surface area (Å²) in [7, 11) is 0. The highest BCUT2D eigenvalue weighted by Crippen LogP contribution is 2.20. The van der Waals surface area contributed by atoms with Gasteiger partial charge < -0.3 is 10.2 Å². The molecule has 0 radical (unpaired) electrons. The molecule has 0 saturated carbocycles. The number of hydrogen-bond acceptors (Lipinski definition) is 3. The number of piperazine rings is 1. The van der Waals surface area contributed by atoms with Gasteiger partial charge in [0.05, 0.1) is 6.54 Å². The Morgan fingerprint density at radius 1 is 1.08 bits per heavy atom. The van der Waals surface area contributed by atoms with Crippen LogP contribution in [0.3, 0.4) is 0 Å². The summed E-state index contributed by atoms with van der Waals surface area (Å²) in [6, 6.07) is 6.67. The number of nitrogens with one attached hydrogen (secondary N) is 1. The van der Waals surface area contributed by atoms with Crippen molar-refractivity contribution in [1.82, 2.24) is 15.1 Å². The molecular weight excluding hydrogens is 310 g/mol. The van der Waals surface area contributed by atoms with Crippen molar-refractivity contribution in [2.45, 2.75) is 26.7 Å². The lowest BCUT2D eigenvalue weighted by molar-refractivity contribution is -0.133. The molecule has 1 aromatic carbocycles.